The lowest BCUT2D eigenvalue weighted by molar-refractivity contribution is 0.0963. The lowest BCUT2D eigenvalue weighted by atomic mass is 10.0. The number of carbonyl (C=O) groups excluding carboxylic acids is 1. The number of hydrogen-bond donors (Lipinski definition) is 2. The lowest BCUT2D eigenvalue weighted by Crippen LogP contribution is -2.17. The molecule has 0 bridgehead atoms. The number of ether oxygens (including phenoxy) is 1. The molecule has 0 spiro atoms. The molecule has 1 aromatic heterocycles. The molecule has 3 rings (SSSR count). The highest BCUT2D eigenvalue weighted by molar-refractivity contribution is 5.95. The zero-order chi connectivity index (χ0) is 17.1. The van der Waals surface area contributed by atoms with Gasteiger partial charge in [0.1, 0.15) is 0 Å². The van der Waals surface area contributed by atoms with Gasteiger partial charge in [0.05, 0.1) is 17.5 Å². The predicted octanol–water partition coefficient (Wildman–Crippen LogP) is 2.64. The van der Waals surface area contributed by atoms with Gasteiger partial charge in [-0.2, -0.15) is 4.98 Å². The van der Waals surface area contributed by atoms with Crippen molar-refractivity contribution in [1.29, 1.82) is 0 Å². The minimum absolute atomic E-state index is 0.109. The van der Waals surface area contributed by atoms with Crippen molar-refractivity contribution in [2.45, 2.75) is 6.92 Å². The van der Waals surface area contributed by atoms with E-state index >= 15 is 0 Å². The second kappa shape index (κ2) is 6.54. The van der Waals surface area contributed by atoms with Crippen LogP contribution in [0.1, 0.15) is 17.3 Å². The van der Waals surface area contributed by atoms with Gasteiger partial charge >= 0.3 is 0 Å². The van der Waals surface area contributed by atoms with Crippen LogP contribution >= 0.6 is 0 Å². The maximum Gasteiger partial charge on any atom is 0.251 e. The number of nitrogens with zero attached hydrogens (tertiary/aromatic N) is 2. The van der Waals surface area contributed by atoms with E-state index < -0.39 is 0 Å². The van der Waals surface area contributed by atoms with Crippen molar-refractivity contribution < 1.29 is 9.53 Å². The molecular formula is C18H18N4O2. The van der Waals surface area contributed by atoms with Crippen LogP contribution in [0.5, 0.6) is 5.88 Å². The summed E-state index contributed by atoms with van der Waals surface area (Å²) in [6, 6.07) is 13.2. The molecule has 3 N–H and O–H groups in total. The van der Waals surface area contributed by atoms with E-state index in [9.17, 15) is 4.79 Å². The number of benzene rings is 2. The van der Waals surface area contributed by atoms with Crippen molar-refractivity contribution in [3.8, 4) is 17.0 Å². The van der Waals surface area contributed by atoms with Crippen molar-refractivity contribution in [3.63, 3.8) is 0 Å². The van der Waals surface area contributed by atoms with Crippen molar-refractivity contribution in [2.75, 3.05) is 19.4 Å². The lowest BCUT2D eigenvalue weighted by Gasteiger charge is -2.09. The van der Waals surface area contributed by atoms with Gasteiger partial charge in [-0.25, -0.2) is 4.98 Å². The highest BCUT2D eigenvalue weighted by atomic mass is 16.5. The van der Waals surface area contributed by atoms with E-state index in [4.69, 9.17) is 10.5 Å². The molecule has 24 heavy (non-hydrogen) atoms. The number of nitrogens with two attached hydrogens (primary N) is 1. The van der Waals surface area contributed by atoms with Gasteiger partial charge in [0, 0.05) is 12.6 Å². The van der Waals surface area contributed by atoms with Gasteiger partial charge in [-0.1, -0.05) is 18.2 Å². The van der Waals surface area contributed by atoms with Crippen LogP contribution in [0.2, 0.25) is 0 Å². The van der Waals surface area contributed by atoms with E-state index in [1.54, 1.807) is 19.2 Å². The van der Waals surface area contributed by atoms with E-state index in [1.807, 2.05) is 37.3 Å². The zero-order valence-electron chi connectivity index (χ0n) is 13.5. The molecule has 0 unspecified atom stereocenters. The fourth-order valence-corrected chi connectivity index (χ4v) is 2.50. The summed E-state index contributed by atoms with van der Waals surface area (Å²) in [5.41, 5.74) is 9.05. The number of nitrogen functional groups attached to an aromatic ring is 1. The van der Waals surface area contributed by atoms with Crippen LogP contribution in [0.4, 0.5) is 5.95 Å². The Morgan fingerprint density at radius 3 is 2.50 bits per heavy atom. The second-order valence-corrected chi connectivity index (χ2v) is 5.21. The second-order valence-electron chi connectivity index (χ2n) is 5.21. The molecular weight excluding hydrogens is 304 g/mol. The fourth-order valence-electron chi connectivity index (χ4n) is 2.50. The number of aromatic nitrogens is 2. The number of rotatable bonds is 4. The van der Waals surface area contributed by atoms with Crippen molar-refractivity contribution >= 4 is 22.8 Å². The number of anilines is 1. The maximum atomic E-state index is 11.6. The quantitative estimate of drug-likeness (QED) is 0.770. The van der Waals surface area contributed by atoms with Crippen LogP contribution in [-0.2, 0) is 0 Å². The highest BCUT2D eigenvalue weighted by Gasteiger charge is 2.10. The first kappa shape index (κ1) is 15.7. The van der Waals surface area contributed by atoms with Crippen molar-refractivity contribution in [2.24, 2.45) is 0 Å². The van der Waals surface area contributed by atoms with Crippen LogP contribution in [0, 0.1) is 0 Å². The van der Waals surface area contributed by atoms with Crippen LogP contribution in [0.15, 0.2) is 42.5 Å². The first-order chi connectivity index (χ1) is 11.6. The Bertz CT molecular complexity index is 891. The van der Waals surface area contributed by atoms with Gasteiger partial charge in [-0.3, -0.25) is 4.79 Å². The molecule has 0 aliphatic carbocycles. The Morgan fingerprint density at radius 2 is 1.83 bits per heavy atom. The number of fused-ring (bicyclic) bond motifs is 1. The third kappa shape index (κ3) is 2.99. The molecule has 122 valence electrons. The maximum absolute atomic E-state index is 11.6. The Balaban J connectivity index is 2.05. The average molecular weight is 322 g/mol. The molecule has 1 amide bonds. The Hall–Kier alpha value is -3.15. The largest absolute Gasteiger partial charge is 0.477 e. The van der Waals surface area contributed by atoms with Gasteiger partial charge in [0.2, 0.25) is 11.8 Å². The van der Waals surface area contributed by atoms with E-state index in [-0.39, 0.29) is 11.9 Å². The third-order valence-corrected chi connectivity index (χ3v) is 3.67. The van der Waals surface area contributed by atoms with Crippen molar-refractivity contribution in [3.05, 3.63) is 48.0 Å². The molecule has 0 saturated carbocycles. The molecule has 0 radical (unpaired) electrons. The number of carbonyl (C=O) groups is 1. The summed E-state index contributed by atoms with van der Waals surface area (Å²) in [7, 11) is 1.61. The smallest absolute Gasteiger partial charge is 0.251 e. The first-order valence-electron chi connectivity index (χ1n) is 7.65. The highest BCUT2D eigenvalue weighted by Crippen LogP contribution is 2.29. The van der Waals surface area contributed by atoms with Gasteiger partial charge in [-0.05, 0) is 42.3 Å². The molecule has 0 fully saturated rings. The Morgan fingerprint density at radius 1 is 1.12 bits per heavy atom. The average Bonchev–Trinajstić information content (AvgIpc) is 2.61. The summed E-state index contributed by atoms with van der Waals surface area (Å²) in [6.07, 6.45) is 0. The molecule has 0 atom stereocenters. The summed E-state index contributed by atoms with van der Waals surface area (Å²) in [6.45, 7) is 2.39. The normalized spacial score (nSPS) is 10.6. The molecule has 0 aliphatic rings. The van der Waals surface area contributed by atoms with E-state index in [0.717, 1.165) is 22.0 Å². The number of hydrogen-bond acceptors (Lipinski definition) is 5. The molecule has 1 heterocycles. The minimum Gasteiger partial charge on any atom is -0.477 e. The Labute approximate surface area is 139 Å². The Kier molecular flexibility index (Phi) is 4.29. The molecule has 6 nitrogen and oxygen atoms in total. The molecule has 6 heteroatoms. The SMILES string of the molecule is CCOc1nc(N)nc2ccc(-c3ccc(C(=O)NC)cc3)cc12. The topological polar surface area (TPSA) is 90.1 Å². The van der Waals surface area contributed by atoms with Gasteiger partial charge in [0.15, 0.2) is 0 Å². The summed E-state index contributed by atoms with van der Waals surface area (Å²) in [5.74, 6) is 0.556. The molecule has 0 aliphatic heterocycles. The minimum atomic E-state index is -0.109. The van der Waals surface area contributed by atoms with Crippen LogP contribution in [0.25, 0.3) is 22.0 Å². The van der Waals surface area contributed by atoms with Crippen molar-refractivity contribution in [1.82, 2.24) is 15.3 Å². The van der Waals surface area contributed by atoms with Crippen LogP contribution in [-0.4, -0.2) is 29.5 Å². The number of amides is 1. The fraction of sp³-hybridized carbons (Fsp3) is 0.167. The summed E-state index contributed by atoms with van der Waals surface area (Å²) < 4.78 is 5.57. The van der Waals surface area contributed by atoms with E-state index in [1.165, 1.54) is 0 Å². The monoisotopic (exact) mass is 322 g/mol. The van der Waals surface area contributed by atoms with Crippen LogP contribution < -0.4 is 15.8 Å². The molecule has 2 aromatic carbocycles. The van der Waals surface area contributed by atoms with Gasteiger partial charge < -0.3 is 15.8 Å². The van der Waals surface area contributed by atoms with E-state index in [0.29, 0.717) is 18.1 Å². The number of nitrogens with one attached hydrogen (secondary N) is 1. The molecule has 0 saturated heterocycles. The van der Waals surface area contributed by atoms with Gasteiger partial charge in [0.25, 0.3) is 5.91 Å². The third-order valence-electron chi connectivity index (χ3n) is 3.67. The summed E-state index contributed by atoms with van der Waals surface area (Å²) in [4.78, 5) is 20.0. The van der Waals surface area contributed by atoms with E-state index in [2.05, 4.69) is 15.3 Å². The predicted molar refractivity (Wildman–Crippen MR) is 93.9 cm³/mol. The summed E-state index contributed by atoms with van der Waals surface area (Å²) >= 11 is 0. The molecule has 3 aromatic rings. The first-order valence-corrected chi connectivity index (χ1v) is 7.65. The standard InChI is InChI=1S/C18H18N4O2/c1-3-24-17-14-10-13(8-9-15(14)21-18(19)22-17)11-4-6-12(7-5-11)16(23)20-2/h4-10H,3H2,1-2H3,(H,20,23)(H2,19,21,22). The zero-order valence-corrected chi connectivity index (χ0v) is 13.5. The summed E-state index contributed by atoms with van der Waals surface area (Å²) in [5, 5.41) is 3.41. The van der Waals surface area contributed by atoms with Gasteiger partial charge in [-0.15, -0.1) is 0 Å². The van der Waals surface area contributed by atoms with Crippen LogP contribution in [0.3, 0.4) is 0 Å².